The van der Waals surface area contributed by atoms with E-state index in [4.69, 9.17) is 4.74 Å². The van der Waals surface area contributed by atoms with E-state index in [9.17, 15) is 0 Å². The van der Waals surface area contributed by atoms with Crippen molar-refractivity contribution in [2.75, 3.05) is 7.11 Å². The third-order valence-electron chi connectivity index (χ3n) is 1.65. The second kappa shape index (κ2) is 6.30. The van der Waals surface area contributed by atoms with Crippen LogP contribution in [0.2, 0.25) is 0 Å². The van der Waals surface area contributed by atoms with Gasteiger partial charge < -0.3 is 4.74 Å². The van der Waals surface area contributed by atoms with E-state index in [1.54, 1.807) is 7.11 Å². The minimum absolute atomic E-state index is 0.926. The van der Waals surface area contributed by atoms with Crippen molar-refractivity contribution >= 4 is 6.08 Å². The van der Waals surface area contributed by atoms with Crippen LogP contribution in [0, 0.1) is 6.92 Å². The highest BCUT2D eigenvalue weighted by atomic mass is 16.5. The molecule has 0 saturated heterocycles. The van der Waals surface area contributed by atoms with Crippen LogP contribution in [0.5, 0.6) is 5.75 Å². The van der Waals surface area contributed by atoms with E-state index in [1.165, 1.54) is 0 Å². The molecule has 0 spiro atoms. The van der Waals surface area contributed by atoms with Crippen molar-refractivity contribution in [3.8, 4) is 5.75 Å². The smallest absolute Gasteiger partial charge is 0.121 e. The van der Waals surface area contributed by atoms with Gasteiger partial charge in [-0.05, 0) is 30.2 Å². The van der Waals surface area contributed by atoms with E-state index in [0.29, 0.717) is 0 Å². The monoisotopic (exact) mass is 178 g/mol. The van der Waals surface area contributed by atoms with Crippen molar-refractivity contribution in [2.45, 2.75) is 20.8 Å². The van der Waals surface area contributed by atoms with Crippen molar-refractivity contribution in [2.24, 2.45) is 0 Å². The molecular weight excluding hydrogens is 160 g/mol. The van der Waals surface area contributed by atoms with E-state index in [-0.39, 0.29) is 0 Å². The molecule has 0 amide bonds. The highest BCUT2D eigenvalue weighted by Gasteiger charge is 1.95. The molecule has 0 atom stereocenters. The summed E-state index contributed by atoms with van der Waals surface area (Å²) in [5.41, 5.74) is 2.27. The maximum absolute atomic E-state index is 5.11. The first-order valence-corrected chi connectivity index (χ1v) is 4.55. The molecule has 0 bridgehead atoms. The summed E-state index contributed by atoms with van der Waals surface area (Å²) < 4.78 is 5.11. The Labute approximate surface area is 81.1 Å². The van der Waals surface area contributed by atoms with Gasteiger partial charge in [-0.25, -0.2) is 0 Å². The molecule has 0 aliphatic heterocycles. The first-order valence-electron chi connectivity index (χ1n) is 4.55. The SMILES string of the molecule is C=Cc1ccc(OC)c(C)c1.CC. The molecule has 0 aliphatic rings. The number of hydrogen-bond acceptors (Lipinski definition) is 1. The molecule has 0 heterocycles. The number of methoxy groups -OCH3 is 1. The second-order valence-electron chi connectivity index (χ2n) is 2.43. The minimum Gasteiger partial charge on any atom is -0.496 e. The molecule has 0 aliphatic carbocycles. The highest BCUT2D eigenvalue weighted by molar-refractivity contribution is 5.51. The van der Waals surface area contributed by atoms with E-state index < -0.39 is 0 Å². The van der Waals surface area contributed by atoms with Crippen LogP contribution in [-0.2, 0) is 0 Å². The lowest BCUT2D eigenvalue weighted by Gasteiger charge is -2.03. The van der Waals surface area contributed by atoms with E-state index in [2.05, 4.69) is 6.58 Å². The molecule has 1 aromatic carbocycles. The topological polar surface area (TPSA) is 9.23 Å². The van der Waals surface area contributed by atoms with Crippen LogP contribution in [0.4, 0.5) is 0 Å². The third-order valence-corrected chi connectivity index (χ3v) is 1.65. The largest absolute Gasteiger partial charge is 0.496 e. The zero-order valence-corrected chi connectivity index (χ0v) is 8.92. The molecule has 1 aromatic rings. The van der Waals surface area contributed by atoms with Crippen LogP contribution in [0.1, 0.15) is 25.0 Å². The van der Waals surface area contributed by atoms with Crippen LogP contribution < -0.4 is 4.74 Å². The summed E-state index contributed by atoms with van der Waals surface area (Å²) >= 11 is 0. The minimum atomic E-state index is 0.926. The fraction of sp³-hybridized carbons (Fsp3) is 0.333. The first-order chi connectivity index (χ1) is 6.27. The quantitative estimate of drug-likeness (QED) is 0.671. The summed E-state index contributed by atoms with van der Waals surface area (Å²) in [6.45, 7) is 9.71. The fourth-order valence-electron chi connectivity index (χ4n) is 1.03. The molecule has 1 nitrogen and oxygen atoms in total. The van der Waals surface area contributed by atoms with Crippen molar-refractivity contribution in [3.05, 3.63) is 35.9 Å². The normalized spacial score (nSPS) is 8.31. The molecule has 0 radical (unpaired) electrons. The molecule has 0 aromatic heterocycles. The Hall–Kier alpha value is -1.24. The third kappa shape index (κ3) is 3.32. The summed E-state index contributed by atoms with van der Waals surface area (Å²) in [7, 11) is 1.68. The van der Waals surface area contributed by atoms with Gasteiger partial charge in [0.1, 0.15) is 5.75 Å². The van der Waals surface area contributed by atoms with Crippen LogP contribution in [0.3, 0.4) is 0 Å². The van der Waals surface area contributed by atoms with Crippen LogP contribution in [-0.4, -0.2) is 7.11 Å². The predicted octanol–water partition coefficient (Wildman–Crippen LogP) is 3.67. The summed E-state index contributed by atoms with van der Waals surface area (Å²) in [5.74, 6) is 0.926. The average molecular weight is 178 g/mol. The number of rotatable bonds is 2. The van der Waals surface area contributed by atoms with Gasteiger partial charge in [0.15, 0.2) is 0 Å². The maximum atomic E-state index is 5.11. The molecule has 0 unspecified atom stereocenters. The molecule has 13 heavy (non-hydrogen) atoms. The average Bonchev–Trinajstić information content (AvgIpc) is 2.20. The molecule has 0 fully saturated rings. The lowest BCUT2D eigenvalue weighted by Crippen LogP contribution is -1.86. The van der Waals surface area contributed by atoms with Crippen molar-refractivity contribution < 1.29 is 4.74 Å². The second-order valence-corrected chi connectivity index (χ2v) is 2.43. The Bertz CT molecular complexity index is 264. The molecule has 0 N–H and O–H groups in total. The predicted molar refractivity (Wildman–Crippen MR) is 59.2 cm³/mol. The highest BCUT2D eigenvalue weighted by Crippen LogP contribution is 2.18. The van der Waals surface area contributed by atoms with Gasteiger partial charge in [-0.2, -0.15) is 0 Å². The molecule has 1 heteroatoms. The maximum Gasteiger partial charge on any atom is 0.121 e. The Morgan fingerprint density at radius 3 is 2.31 bits per heavy atom. The summed E-state index contributed by atoms with van der Waals surface area (Å²) in [6, 6.07) is 5.98. The van der Waals surface area contributed by atoms with Crippen LogP contribution in [0.25, 0.3) is 6.08 Å². The zero-order chi connectivity index (χ0) is 10.3. The van der Waals surface area contributed by atoms with Gasteiger partial charge in [0.25, 0.3) is 0 Å². The van der Waals surface area contributed by atoms with Gasteiger partial charge in [0.05, 0.1) is 7.11 Å². The Kier molecular flexibility index (Phi) is 5.69. The first kappa shape index (κ1) is 11.8. The molecule has 0 saturated carbocycles. The Balaban J connectivity index is 0.000000671. The van der Waals surface area contributed by atoms with Crippen LogP contribution in [0.15, 0.2) is 24.8 Å². The van der Waals surface area contributed by atoms with E-state index in [0.717, 1.165) is 16.9 Å². The molecular formula is C12H18O. The Morgan fingerprint density at radius 1 is 1.31 bits per heavy atom. The number of ether oxygens (including phenoxy) is 1. The van der Waals surface area contributed by atoms with Gasteiger partial charge in [-0.15, -0.1) is 0 Å². The summed E-state index contributed by atoms with van der Waals surface area (Å²) in [5, 5.41) is 0. The lowest BCUT2D eigenvalue weighted by molar-refractivity contribution is 0.411. The van der Waals surface area contributed by atoms with Gasteiger partial charge in [0, 0.05) is 0 Å². The zero-order valence-electron chi connectivity index (χ0n) is 8.92. The van der Waals surface area contributed by atoms with Crippen molar-refractivity contribution in [1.82, 2.24) is 0 Å². The van der Waals surface area contributed by atoms with Crippen LogP contribution >= 0.6 is 0 Å². The molecule has 1 rings (SSSR count). The number of benzene rings is 1. The van der Waals surface area contributed by atoms with Gasteiger partial charge in [-0.3, -0.25) is 0 Å². The van der Waals surface area contributed by atoms with E-state index >= 15 is 0 Å². The fourth-order valence-corrected chi connectivity index (χ4v) is 1.03. The van der Waals surface area contributed by atoms with Crippen molar-refractivity contribution in [3.63, 3.8) is 0 Å². The van der Waals surface area contributed by atoms with Gasteiger partial charge in [0.2, 0.25) is 0 Å². The van der Waals surface area contributed by atoms with Gasteiger partial charge >= 0.3 is 0 Å². The number of hydrogen-bond donors (Lipinski definition) is 0. The van der Waals surface area contributed by atoms with Gasteiger partial charge in [-0.1, -0.05) is 32.6 Å². The standard InChI is InChI=1S/C10H12O.C2H6/c1-4-9-5-6-10(11-3)8(2)7-9;1-2/h4-7H,1H2,2-3H3;1-2H3. The Morgan fingerprint density at radius 2 is 1.92 bits per heavy atom. The summed E-state index contributed by atoms with van der Waals surface area (Å²) in [4.78, 5) is 0. The molecule has 72 valence electrons. The van der Waals surface area contributed by atoms with E-state index in [1.807, 2.05) is 45.0 Å². The lowest BCUT2D eigenvalue weighted by atomic mass is 10.1. The van der Waals surface area contributed by atoms with Crippen molar-refractivity contribution in [1.29, 1.82) is 0 Å². The number of aryl methyl sites for hydroxylation is 1. The summed E-state index contributed by atoms with van der Waals surface area (Å²) in [6.07, 6.45) is 1.83.